The van der Waals surface area contributed by atoms with Gasteiger partial charge in [0.15, 0.2) is 5.76 Å². The fourth-order valence-electron chi connectivity index (χ4n) is 2.55. The number of aryl methyl sites for hydroxylation is 1. The molecule has 1 aliphatic heterocycles. The molecule has 1 aromatic carbocycles. The summed E-state index contributed by atoms with van der Waals surface area (Å²) in [5.74, 6) is 0.367. The van der Waals surface area contributed by atoms with Crippen molar-refractivity contribution in [2.45, 2.75) is 6.92 Å². The van der Waals surface area contributed by atoms with Gasteiger partial charge in [-0.15, -0.1) is 0 Å². The molecule has 1 amide bonds. The Morgan fingerprint density at radius 1 is 1.19 bits per heavy atom. The number of rotatable bonds is 2. The van der Waals surface area contributed by atoms with Crippen molar-refractivity contribution in [2.75, 3.05) is 36.8 Å². The van der Waals surface area contributed by atoms with Crippen molar-refractivity contribution in [1.82, 2.24) is 4.90 Å². The maximum atomic E-state index is 12.2. The highest BCUT2D eigenvalue weighted by Gasteiger charge is 2.23. The third-order valence-electron chi connectivity index (χ3n) is 3.93. The van der Waals surface area contributed by atoms with Gasteiger partial charge in [0.25, 0.3) is 5.91 Å². The molecular formula is C16H19N3O2. The number of hydrogen-bond donors (Lipinski definition) is 1. The zero-order chi connectivity index (χ0) is 14.8. The first-order chi connectivity index (χ1) is 10.1. The van der Waals surface area contributed by atoms with Crippen molar-refractivity contribution in [3.8, 4) is 0 Å². The minimum atomic E-state index is -0.0388. The highest BCUT2D eigenvalue weighted by molar-refractivity contribution is 5.91. The van der Waals surface area contributed by atoms with Gasteiger partial charge in [-0.1, -0.05) is 6.07 Å². The highest BCUT2D eigenvalue weighted by atomic mass is 16.3. The molecule has 1 aliphatic rings. The maximum absolute atomic E-state index is 12.2. The number of carbonyl (C=O) groups excluding carboxylic acids is 1. The number of furan rings is 1. The molecule has 2 aromatic rings. The molecular weight excluding hydrogens is 266 g/mol. The quantitative estimate of drug-likeness (QED) is 0.859. The van der Waals surface area contributed by atoms with Gasteiger partial charge in [0, 0.05) is 37.6 Å². The minimum absolute atomic E-state index is 0.0388. The normalized spacial score (nSPS) is 15.3. The average Bonchev–Trinajstić information content (AvgIpc) is 3.04. The number of anilines is 2. The fourth-order valence-corrected chi connectivity index (χ4v) is 2.55. The second-order valence-corrected chi connectivity index (χ2v) is 5.30. The van der Waals surface area contributed by atoms with E-state index in [0.717, 1.165) is 30.0 Å². The summed E-state index contributed by atoms with van der Waals surface area (Å²) in [4.78, 5) is 16.3. The van der Waals surface area contributed by atoms with Gasteiger partial charge in [-0.2, -0.15) is 0 Å². The standard InChI is InChI=1S/C16H19N3O2/c1-12-4-5-13(11-14(12)17)18-6-8-19(9-7-18)16(20)15-3-2-10-21-15/h2-5,10-11H,6-9,17H2,1H3. The number of benzene rings is 1. The molecule has 0 atom stereocenters. The van der Waals surface area contributed by atoms with E-state index in [4.69, 9.17) is 10.2 Å². The topological polar surface area (TPSA) is 62.7 Å². The van der Waals surface area contributed by atoms with E-state index in [1.54, 1.807) is 12.1 Å². The monoisotopic (exact) mass is 285 g/mol. The fraction of sp³-hybridized carbons (Fsp3) is 0.312. The molecule has 0 radical (unpaired) electrons. The van der Waals surface area contributed by atoms with Gasteiger partial charge in [-0.25, -0.2) is 0 Å². The van der Waals surface area contributed by atoms with Crippen LogP contribution in [0.3, 0.4) is 0 Å². The molecule has 1 saturated heterocycles. The largest absolute Gasteiger partial charge is 0.459 e. The lowest BCUT2D eigenvalue weighted by molar-refractivity contribution is 0.0714. The lowest BCUT2D eigenvalue weighted by Crippen LogP contribution is -2.48. The van der Waals surface area contributed by atoms with Crippen LogP contribution in [0, 0.1) is 6.92 Å². The minimum Gasteiger partial charge on any atom is -0.459 e. The molecule has 2 heterocycles. The smallest absolute Gasteiger partial charge is 0.289 e. The Bertz CT molecular complexity index is 629. The van der Waals surface area contributed by atoms with Crippen LogP contribution in [-0.2, 0) is 0 Å². The van der Waals surface area contributed by atoms with Gasteiger partial charge >= 0.3 is 0 Å². The van der Waals surface area contributed by atoms with Crippen LogP contribution in [-0.4, -0.2) is 37.0 Å². The van der Waals surface area contributed by atoms with Gasteiger partial charge in [-0.05, 0) is 36.8 Å². The first-order valence-corrected chi connectivity index (χ1v) is 7.09. The molecule has 2 N–H and O–H groups in total. The molecule has 0 unspecified atom stereocenters. The van der Waals surface area contributed by atoms with Crippen molar-refractivity contribution in [2.24, 2.45) is 0 Å². The predicted molar refractivity (Wildman–Crippen MR) is 82.4 cm³/mol. The molecule has 110 valence electrons. The van der Waals surface area contributed by atoms with Gasteiger partial charge in [0.1, 0.15) is 0 Å². The van der Waals surface area contributed by atoms with Crippen LogP contribution >= 0.6 is 0 Å². The van der Waals surface area contributed by atoms with Crippen molar-refractivity contribution in [1.29, 1.82) is 0 Å². The van der Waals surface area contributed by atoms with E-state index in [9.17, 15) is 4.79 Å². The SMILES string of the molecule is Cc1ccc(N2CCN(C(=O)c3ccco3)CC2)cc1N. The van der Waals surface area contributed by atoms with Crippen molar-refractivity contribution >= 4 is 17.3 Å². The van der Waals surface area contributed by atoms with Crippen LogP contribution < -0.4 is 10.6 Å². The van der Waals surface area contributed by atoms with Crippen LogP contribution in [0.2, 0.25) is 0 Å². The Morgan fingerprint density at radius 2 is 1.95 bits per heavy atom. The Balaban J connectivity index is 1.65. The van der Waals surface area contributed by atoms with Crippen molar-refractivity contribution in [3.63, 3.8) is 0 Å². The lowest BCUT2D eigenvalue weighted by Gasteiger charge is -2.35. The molecule has 1 aromatic heterocycles. The molecule has 0 spiro atoms. The summed E-state index contributed by atoms with van der Waals surface area (Å²) in [6, 6.07) is 9.55. The number of amides is 1. The summed E-state index contributed by atoms with van der Waals surface area (Å²) in [6.45, 7) is 4.98. The van der Waals surface area contributed by atoms with E-state index in [0.29, 0.717) is 18.8 Å². The van der Waals surface area contributed by atoms with Gasteiger partial charge < -0.3 is 20.0 Å². The van der Waals surface area contributed by atoms with E-state index in [1.165, 1.54) is 6.26 Å². The lowest BCUT2D eigenvalue weighted by atomic mass is 10.1. The number of nitrogens with two attached hydrogens (primary N) is 1. The van der Waals surface area contributed by atoms with Crippen LogP contribution in [0.1, 0.15) is 16.1 Å². The van der Waals surface area contributed by atoms with E-state index in [2.05, 4.69) is 11.0 Å². The summed E-state index contributed by atoms with van der Waals surface area (Å²) >= 11 is 0. The summed E-state index contributed by atoms with van der Waals surface area (Å²) in [7, 11) is 0. The number of nitrogen functional groups attached to an aromatic ring is 1. The third-order valence-corrected chi connectivity index (χ3v) is 3.93. The molecule has 1 fully saturated rings. The molecule has 5 heteroatoms. The summed E-state index contributed by atoms with van der Waals surface area (Å²) in [5, 5.41) is 0. The number of carbonyl (C=O) groups is 1. The van der Waals surface area contributed by atoms with Crippen molar-refractivity contribution < 1.29 is 9.21 Å². The molecule has 0 saturated carbocycles. The summed E-state index contributed by atoms with van der Waals surface area (Å²) in [5.41, 5.74) is 8.97. The third kappa shape index (κ3) is 2.72. The number of nitrogens with zero attached hydrogens (tertiary/aromatic N) is 2. The zero-order valence-electron chi connectivity index (χ0n) is 12.1. The van der Waals surface area contributed by atoms with Crippen molar-refractivity contribution in [3.05, 3.63) is 47.9 Å². The molecule has 21 heavy (non-hydrogen) atoms. The van der Waals surface area contributed by atoms with E-state index in [1.807, 2.05) is 24.0 Å². The van der Waals surface area contributed by atoms with Crippen LogP contribution in [0.15, 0.2) is 41.0 Å². The molecule has 0 bridgehead atoms. The number of hydrogen-bond acceptors (Lipinski definition) is 4. The Hall–Kier alpha value is -2.43. The highest BCUT2D eigenvalue weighted by Crippen LogP contribution is 2.22. The van der Waals surface area contributed by atoms with E-state index in [-0.39, 0.29) is 5.91 Å². The second kappa shape index (κ2) is 5.52. The van der Waals surface area contributed by atoms with Crippen LogP contribution in [0.5, 0.6) is 0 Å². The second-order valence-electron chi connectivity index (χ2n) is 5.30. The van der Waals surface area contributed by atoms with Gasteiger partial charge in [-0.3, -0.25) is 4.79 Å². The van der Waals surface area contributed by atoms with Gasteiger partial charge in [0.2, 0.25) is 0 Å². The van der Waals surface area contributed by atoms with Crippen LogP contribution in [0.25, 0.3) is 0 Å². The zero-order valence-corrected chi connectivity index (χ0v) is 12.1. The summed E-state index contributed by atoms with van der Waals surface area (Å²) < 4.78 is 5.17. The summed E-state index contributed by atoms with van der Waals surface area (Å²) in [6.07, 6.45) is 1.53. The van der Waals surface area contributed by atoms with Crippen LogP contribution in [0.4, 0.5) is 11.4 Å². The Kier molecular flexibility index (Phi) is 3.56. The van der Waals surface area contributed by atoms with Gasteiger partial charge in [0.05, 0.1) is 6.26 Å². The Labute approximate surface area is 123 Å². The van der Waals surface area contributed by atoms with E-state index >= 15 is 0 Å². The predicted octanol–water partition coefficient (Wildman–Crippen LogP) is 2.13. The Morgan fingerprint density at radius 3 is 2.57 bits per heavy atom. The first-order valence-electron chi connectivity index (χ1n) is 7.09. The average molecular weight is 285 g/mol. The maximum Gasteiger partial charge on any atom is 0.289 e. The molecule has 3 rings (SSSR count). The first kappa shape index (κ1) is 13.5. The molecule has 0 aliphatic carbocycles. The number of piperazine rings is 1. The molecule has 5 nitrogen and oxygen atoms in total. The van der Waals surface area contributed by atoms with E-state index < -0.39 is 0 Å².